The Morgan fingerprint density at radius 2 is 0.824 bits per heavy atom. The van der Waals surface area contributed by atoms with Crippen LogP contribution in [0.25, 0.3) is 0 Å². The molecule has 0 heterocycles. The predicted octanol–water partition coefficient (Wildman–Crippen LogP) is 11.4. The Balaban J connectivity index is 0.000000410. The van der Waals surface area contributed by atoms with Crippen molar-refractivity contribution in [3.8, 4) is 23.0 Å². The van der Waals surface area contributed by atoms with Crippen LogP contribution in [-0.2, 0) is 38.5 Å². The zero-order chi connectivity index (χ0) is 50.5. The number of rotatable bonds is 17. The summed E-state index contributed by atoms with van der Waals surface area (Å²) in [6.07, 6.45) is 7.10. The van der Waals surface area contributed by atoms with E-state index in [1.54, 1.807) is 40.6 Å². The molecule has 11 heteroatoms. The standard InChI is InChI=1S/C12H18O2.C10H14O3.3C9H12O.C8H8Cl2O/c1-4-5-6-10-7-8-11(13-2)12(9-10)14-3;1-12-9-4-3-8(5-6-11)7-10(9)13-2;1-8-2-4-9(5-3-8)6-7-10;1-8-3-2-4-9(7-8)5-6-10;1-8-4-2-3-5-9(8)6-7-10;9-7-2-1-6(3-4-11)5-8(7)10/h7-9H,4-6H2,1-3H3;3-4,7,11H,5-6H2,1-2H3;2-5,10H,6-7H2,1H3;2-4,7,10H,5-6H2,1H3;2-5,10H,6-7H2,1H3;1-2,5,11H,3-4H2. The Hall–Kier alpha value is -5.10. The van der Waals surface area contributed by atoms with Crippen LogP contribution in [0.15, 0.2) is 127 Å². The Labute approximate surface area is 416 Å². The van der Waals surface area contributed by atoms with Gasteiger partial charge >= 0.3 is 0 Å². The average molecular weight is 976 g/mol. The third-order valence-electron chi connectivity index (χ3n) is 10.1. The number of hydrogen-bond donors (Lipinski definition) is 5. The molecular weight excluding hydrogens is 900 g/mol. The van der Waals surface area contributed by atoms with Gasteiger partial charge in [-0.25, -0.2) is 0 Å². The Morgan fingerprint density at radius 3 is 1.28 bits per heavy atom. The van der Waals surface area contributed by atoms with Gasteiger partial charge in [0.25, 0.3) is 0 Å². The quantitative estimate of drug-likeness (QED) is 0.0605. The van der Waals surface area contributed by atoms with Crippen LogP contribution in [0.3, 0.4) is 0 Å². The minimum absolute atomic E-state index is 0.137. The summed E-state index contributed by atoms with van der Waals surface area (Å²) >= 11 is 11.4. The molecule has 6 aromatic rings. The Morgan fingerprint density at radius 1 is 0.382 bits per heavy atom. The van der Waals surface area contributed by atoms with Crippen molar-refractivity contribution < 1.29 is 44.5 Å². The molecule has 6 rings (SSSR count). The maximum Gasteiger partial charge on any atom is 0.160 e. The number of unbranched alkanes of at least 4 members (excludes halogenated alkanes) is 1. The van der Waals surface area contributed by atoms with Crippen molar-refractivity contribution in [1.82, 2.24) is 0 Å². The first-order valence-electron chi connectivity index (χ1n) is 22.9. The fourth-order valence-corrected chi connectivity index (χ4v) is 6.62. The largest absolute Gasteiger partial charge is 0.493 e. The molecule has 0 aliphatic carbocycles. The molecule has 0 aliphatic rings. The molecule has 0 atom stereocenters. The number of aliphatic hydroxyl groups excluding tert-OH is 5. The lowest BCUT2D eigenvalue weighted by atomic mass is 10.1. The average Bonchev–Trinajstić information content (AvgIpc) is 3.35. The lowest BCUT2D eigenvalue weighted by Gasteiger charge is -2.09. The highest BCUT2D eigenvalue weighted by atomic mass is 35.5. The Kier molecular flexibility index (Phi) is 33.9. The monoisotopic (exact) mass is 974 g/mol. The molecule has 372 valence electrons. The highest BCUT2D eigenvalue weighted by molar-refractivity contribution is 6.42. The topological polar surface area (TPSA) is 138 Å². The van der Waals surface area contributed by atoms with E-state index in [9.17, 15) is 0 Å². The van der Waals surface area contributed by atoms with E-state index in [4.69, 9.17) is 67.7 Å². The third-order valence-corrected chi connectivity index (χ3v) is 10.9. The summed E-state index contributed by atoms with van der Waals surface area (Å²) in [7, 11) is 6.52. The van der Waals surface area contributed by atoms with Gasteiger partial charge in [-0.15, -0.1) is 0 Å². The molecule has 0 spiro atoms. The maximum absolute atomic E-state index is 8.74. The molecule has 0 saturated heterocycles. The van der Waals surface area contributed by atoms with Crippen LogP contribution in [0.1, 0.15) is 69.8 Å². The number of aliphatic hydroxyl groups is 5. The molecule has 9 nitrogen and oxygen atoms in total. The van der Waals surface area contributed by atoms with Crippen LogP contribution < -0.4 is 18.9 Å². The first-order valence-corrected chi connectivity index (χ1v) is 23.7. The molecule has 0 aliphatic heterocycles. The highest BCUT2D eigenvalue weighted by Gasteiger charge is 2.05. The van der Waals surface area contributed by atoms with Gasteiger partial charge < -0.3 is 44.5 Å². The molecule has 0 aromatic heterocycles. The van der Waals surface area contributed by atoms with E-state index >= 15 is 0 Å². The van der Waals surface area contributed by atoms with Crippen molar-refractivity contribution in [2.24, 2.45) is 0 Å². The summed E-state index contributed by atoms with van der Waals surface area (Å²) in [5.41, 5.74) is 10.8. The van der Waals surface area contributed by atoms with E-state index in [0.29, 0.717) is 34.4 Å². The van der Waals surface area contributed by atoms with Gasteiger partial charge in [0, 0.05) is 33.0 Å². The van der Waals surface area contributed by atoms with E-state index in [0.717, 1.165) is 48.3 Å². The minimum Gasteiger partial charge on any atom is -0.493 e. The fourth-order valence-electron chi connectivity index (χ4n) is 6.30. The lowest BCUT2D eigenvalue weighted by Crippen LogP contribution is -1.94. The highest BCUT2D eigenvalue weighted by Crippen LogP contribution is 2.29. The van der Waals surface area contributed by atoms with Gasteiger partial charge in [0.15, 0.2) is 23.0 Å². The molecule has 0 unspecified atom stereocenters. The summed E-state index contributed by atoms with van der Waals surface area (Å²) in [4.78, 5) is 0. The Bertz CT molecular complexity index is 2210. The molecule has 0 radical (unpaired) electrons. The summed E-state index contributed by atoms with van der Waals surface area (Å²) in [5.74, 6) is 3.03. The first kappa shape index (κ1) is 60.9. The molecule has 6 aromatic carbocycles. The van der Waals surface area contributed by atoms with Gasteiger partial charge in [0.2, 0.25) is 0 Å². The molecule has 0 bridgehead atoms. The van der Waals surface area contributed by atoms with Crippen LogP contribution in [0.4, 0.5) is 0 Å². The second-order valence-electron chi connectivity index (χ2n) is 15.5. The molecule has 0 amide bonds. The van der Waals surface area contributed by atoms with Crippen LogP contribution in [0.5, 0.6) is 23.0 Å². The second-order valence-corrected chi connectivity index (χ2v) is 16.3. The number of benzene rings is 6. The van der Waals surface area contributed by atoms with Crippen LogP contribution in [-0.4, -0.2) is 87.0 Å². The van der Waals surface area contributed by atoms with Crippen molar-refractivity contribution in [3.63, 3.8) is 0 Å². The SMILES string of the molecule is CCCCc1ccc(OC)c(OC)c1.COc1ccc(CCO)cc1OC.Cc1ccc(CCO)cc1.Cc1cccc(CCO)c1.Cc1ccccc1CCO.OCCc1ccc(Cl)c(Cl)c1. The van der Waals surface area contributed by atoms with Gasteiger partial charge in [-0.3, -0.25) is 0 Å². The number of aryl methyl sites for hydroxylation is 4. The lowest BCUT2D eigenvalue weighted by molar-refractivity contribution is 0.298. The van der Waals surface area contributed by atoms with Gasteiger partial charge in [0.05, 0.1) is 38.5 Å². The first-order chi connectivity index (χ1) is 32.9. The summed E-state index contributed by atoms with van der Waals surface area (Å²) in [6, 6.07) is 41.6. The van der Waals surface area contributed by atoms with Crippen LogP contribution in [0, 0.1) is 20.8 Å². The zero-order valence-electron chi connectivity index (χ0n) is 41.4. The maximum atomic E-state index is 8.74. The fraction of sp³-hybridized carbons (Fsp3) is 0.368. The van der Waals surface area contributed by atoms with Gasteiger partial charge in [-0.2, -0.15) is 0 Å². The van der Waals surface area contributed by atoms with Crippen molar-refractivity contribution in [1.29, 1.82) is 0 Å². The summed E-state index contributed by atoms with van der Waals surface area (Å²) in [6.45, 7) is 9.38. The number of methoxy groups -OCH3 is 4. The molecule has 0 saturated carbocycles. The van der Waals surface area contributed by atoms with Crippen molar-refractivity contribution in [2.45, 2.75) is 79.1 Å². The molecule has 68 heavy (non-hydrogen) atoms. The van der Waals surface area contributed by atoms with Crippen molar-refractivity contribution in [2.75, 3.05) is 61.5 Å². The van der Waals surface area contributed by atoms with E-state index in [1.807, 2.05) is 72.8 Å². The smallest absolute Gasteiger partial charge is 0.160 e. The molecular formula is C57H76Cl2O9. The minimum atomic E-state index is 0.137. The van der Waals surface area contributed by atoms with E-state index < -0.39 is 0 Å². The number of ether oxygens (including phenoxy) is 4. The number of halogens is 2. The third kappa shape index (κ3) is 25.9. The number of hydrogen-bond acceptors (Lipinski definition) is 9. The molecule has 0 fully saturated rings. The second kappa shape index (κ2) is 37.8. The van der Waals surface area contributed by atoms with E-state index in [2.05, 4.69) is 70.2 Å². The van der Waals surface area contributed by atoms with Gasteiger partial charge in [0.1, 0.15) is 0 Å². The van der Waals surface area contributed by atoms with Crippen molar-refractivity contribution in [3.05, 3.63) is 188 Å². The van der Waals surface area contributed by atoms with E-state index in [1.165, 1.54) is 51.8 Å². The van der Waals surface area contributed by atoms with Gasteiger partial charge in [-0.1, -0.05) is 139 Å². The summed E-state index contributed by atoms with van der Waals surface area (Å²) in [5, 5.41) is 44.3. The van der Waals surface area contributed by atoms with Crippen LogP contribution >= 0.6 is 23.2 Å². The molecule has 5 N–H and O–H groups in total. The predicted molar refractivity (Wildman–Crippen MR) is 282 cm³/mol. The van der Waals surface area contributed by atoms with Crippen LogP contribution in [0.2, 0.25) is 10.0 Å². The normalized spacial score (nSPS) is 9.87. The zero-order valence-corrected chi connectivity index (χ0v) is 43.0. The van der Waals surface area contributed by atoms with Crippen molar-refractivity contribution >= 4 is 23.2 Å². The van der Waals surface area contributed by atoms with Gasteiger partial charge in [-0.05, 0) is 141 Å². The van der Waals surface area contributed by atoms with E-state index in [-0.39, 0.29) is 33.0 Å². The summed E-state index contributed by atoms with van der Waals surface area (Å²) < 4.78 is 20.6.